The van der Waals surface area contributed by atoms with Crippen molar-refractivity contribution in [3.05, 3.63) is 66.2 Å². The predicted molar refractivity (Wildman–Crippen MR) is 87.3 cm³/mol. The van der Waals surface area contributed by atoms with E-state index in [1.165, 1.54) is 5.56 Å². The van der Waals surface area contributed by atoms with Gasteiger partial charge in [-0.15, -0.1) is 0 Å². The molecule has 3 heteroatoms. The smallest absolute Gasteiger partial charge is 0.119 e. The lowest BCUT2D eigenvalue weighted by atomic mass is 10.2. The van der Waals surface area contributed by atoms with Gasteiger partial charge < -0.3 is 10.5 Å². The van der Waals surface area contributed by atoms with Crippen LogP contribution >= 0.6 is 0 Å². The van der Waals surface area contributed by atoms with Crippen LogP contribution in [0.5, 0.6) is 5.75 Å². The van der Waals surface area contributed by atoms with E-state index in [9.17, 15) is 0 Å². The first-order valence-electron chi connectivity index (χ1n) is 7.52. The summed E-state index contributed by atoms with van der Waals surface area (Å²) in [6.45, 7) is 4.29. The van der Waals surface area contributed by atoms with Crippen LogP contribution in [0.3, 0.4) is 0 Å². The summed E-state index contributed by atoms with van der Waals surface area (Å²) < 4.78 is 5.73. The molecule has 0 heterocycles. The topological polar surface area (TPSA) is 38.5 Å². The summed E-state index contributed by atoms with van der Waals surface area (Å²) in [6.07, 6.45) is 1.00. The van der Waals surface area contributed by atoms with Crippen molar-refractivity contribution < 1.29 is 4.74 Å². The summed E-state index contributed by atoms with van der Waals surface area (Å²) in [5.41, 5.74) is 7.03. The molecule has 0 amide bonds. The van der Waals surface area contributed by atoms with E-state index in [4.69, 9.17) is 10.5 Å². The Morgan fingerprint density at radius 1 is 0.857 bits per heavy atom. The standard InChI is InChI=1S/C18H24N2O/c19-12-14-20(16-17-8-3-1-4-9-17)13-7-15-21-18-10-5-2-6-11-18/h1-6,8-11H,7,12-16,19H2. The summed E-state index contributed by atoms with van der Waals surface area (Å²) in [7, 11) is 0. The third kappa shape index (κ3) is 5.98. The van der Waals surface area contributed by atoms with E-state index >= 15 is 0 Å². The third-order valence-corrected chi connectivity index (χ3v) is 3.32. The molecule has 3 nitrogen and oxygen atoms in total. The van der Waals surface area contributed by atoms with Crippen molar-refractivity contribution in [1.82, 2.24) is 4.90 Å². The zero-order valence-corrected chi connectivity index (χ0v) is 12.4. The van der Waals surface area contributed by atoms with Gasteiger partial charge in [-0.25, -0.2) is 0 Å². The summed E-state index contributed by atoms with van der Waals surface area (Å²) in [5, 5.41) is 0. The van der Waals surface area contributed by atoms with E-state index < -0.39 is 0 Å². The number of hydrogen-bond donors (Lipinski definition) is 1. The van der Waals surface area contributed by atoms with Crippen molar-refractivity contribution in [3.8, 4) is 5.75 Å². The van der Waals surface area contributed by atoms with Crippen molar-refractivity contribution in [2.75, 3.05) is 26.2 Å². The lowest BCUT2D eigenvalue weighted by molar-refractivity contribution is 0.232. The second-order valence-corrected chi connectivity index (χ2v) is 5.07. The first-order valence-corrected chi connectivity index (χ1v) is 7.52. The molecule has 0 aliphatic carbocycles. The number of rotatable bonds is 9. The lowest BCUT2D eigenvalue weighted by Crippen LogP contribution is -2.30. The number of nitrogens with two attached hydrogens (primary N) is 1. The highest BCUT2D eigenvalue weighted by molar-refractivity contribution is 5.20. The van der Waals surface area contributed by atoms with Crippen molar-refractivity contribution in [2.24, 2.45) is 5.73 Å². The van der Waals surface area contributed by atoms with Crippen LogP contribution in [0.25, 0.3) is 0 Å². The Morgan fingerprint density at radius 2 is 1.52 bits per heavy atom. The monoisotopic (exact) mass is 284 g/mol. The number of nitrogens with zero attached hydrogens (tertiary/aromatic N) is 1. The molecular weight excluding hydrogens is 260 g/mol. The Kier molecular flexibility index (Phi) is 6.78. The molecule has 0 bridgehead atoms. The summed E-state index contributed by atoms with van der Waals surface area (Å²) in [6, 6.07) is 20.5. The van der Waals surface area contributed by atoms with Gasteiger partial charge in [0.05, 0.1) is 6.61 Å². The fourth-order valence-corrected chi connectivity index (χ4v) is 2.29. The third-order valence-electron chi connectivity index (χ3n) is 3.32. The summed E-state index contributed by atoms with van der Waals surface area (Å²) >= 11 is 0. The van der Waals surface area contributed by atoms with Gasteiger partial charge in [0, 0.05) is 26.2 Å². The average Bonchev–Trinajstić information content (AvgIpc) is 2.54. The van der Waals surface area contributed by atoms with E-state index in [0.29, 0.717) is 6.54 Å². The Labute approximate surface area is 127 Å². The van der Waals surface area contributed by atoms with Crippen LogP contribution in [0, 0.1) is 0 Å². The maximum Gasteiger partial charge on any atom is 0.119 e. The molecule has 21 heavy (non-hydrogen) atoms. The van der Waals surface area contributed by atoms with E-state index in [-0.39, 0.29) is 0 Å². The molecule has 0 saturated carbocycles. The molecule has 2 N–H and O–H groups in total. The van der Waals surface area contributed by atoms with Gasteiger partial charge in [0.25, 0.3) is 0 Å². The molecule has 0 unspecified atom stereocenters. The van der Waals surface area contributed by atoms with Gasteiger partial charge in [0.2, 0.25) is 0 Å². The highest BCUT2D eigenvalue weighted by Crippen LogP contribution is 2.09. The van der Waals surface area contributed by atoms with Crippen LogP contribution in [-0.2, 0) is 6.54 Å². The van der Waals surface area contributed by atoms with Crippen LogP contribution in [-0.4, -0.2) is 31.1 Å². The molecule has 0 fully saturated rings. The van der Waals surface area contributed by atoms with E-state index in [1.54, 1.807) is 0 Å². The lowest BCUT2D eigenvalue weighted by Gasteiger charge is -2.21. The zero-order valence-electron chi connectivity index (χ0n) is 12.4. The molecule has 2 aromatic rings. The van der Waals surface area contributed by atoms with Gasteiger partial charge in [-0.2, -0.15) is 0 Å². The zero-order chi connectivity index (χ0) is 14.8. The Bertz CT molecular complexity index is 487. The fraction of sp³-hybridized carbons (Fsp3) is 0.333. The van der Waals surface area contributed by atoms with Crippen molar-refractivity contribution >= 4 is 0 Å². The quantitative estimate of drug-likeness (QED) is 0.720. The Balaban J connectivity index is 1.72. The number of para-hydroxylation sites is 1. The normalized spacial score (nSPS) is 10.8. The predicted octanol–water partition coefficient (Wildman–Crippen LogP) is 2.92. The molecule has 0 atom stereocenters. The van der Waals surface area contributed by atoms with Gasteiger partial charge in [0.15, 0.2) is 0 Å². The van der Waals surface area contributed by atoms with Crippen LogP contribution in [0.1, 0.15) is 12.0 Å². The molecular formula is C18H24N2O. The van der Waals surface area contributed by atoms with Crippen LogP contribution in [0.4, 0.5) is 0 Å². The van der Waals surface area contributed by atoms with Gasteiger partial charge in [-0.3, -0.25) is 4.90 Å². The molecule has 112 valence electrons. The second kappa shape index (κ2) is 9.16. The first-order chi connectivity index (χ1) is 10.4. The van der Waals surface area contributed by atoms with Crippen LogP contribution in [0.15, 0.2) is 60.7 Å². The maximum atomic E-state index is 5.73. The van der Waals surface area contributed by atoms with Crippen molar-refractivity contribution in [1.29, 1.82) is 0 Å². The second-order valence-electron chi connectivity index (χ2n) is 5.07. The number of ether oxygens (including phenoxy) is 1. The number of benzene rings is 2. The van der Waals surface area contributed by atoms with Crippen LogP contribution < -0.4 is 10.5 Å². The molecule has 2 aromatic carbocycles. The highest BCUT2D eigenvalue weighted by Gasteiger charge is 2.05. The van der Waals surface area contributed by atoms with Gasteiger partial charge in [-0.1, -0.05) is 48.5 Å². The largest absolute Gasteiger partial charge is 0.494 e. The first kappa shape index (κ1) is 15.5. The highest BCUT2D eigenvalue weighted by atomic mass is 16.5. The molecule has 0 saturated heterocycles. The minimum atomic E-state index is 0.687. The summed E-state index contributed by atoms with van der Waals surface area (Å²) in [4.78, 5) is 2.38. The SMILES string of the molecule is NCCN(CCCOc1ccccc1)Cc1ccccc1. The number of hydrogen-bond acceptors (Lipinski definition) is 3. The maximum absolute atomic E-state index is 5.73. The molecule has 0 aliphatic heterocycles. The molecule has 0 aromatic heterocycles. The Hall–Kier alpha value is -1.84. The van der Waals surface area contributed by atoms with E-state index in [2.05, 4.69) is 29.2 Å². The van der Waals surface area contributed by atoms with Gasteiger partial charge in [0.1, 0.15) is 5.75 Å². The molecule has 0 aliphatic rings. The minimum Gasteiger partial charge on any atom is -0.494 e. The fourth-order valence-electron chi connectivity index (χ4n) is 2.29. The van der Waals surface area contributed by atoms with Crippen LogP contribution in [0.2, 0.25) is 0 Å². The average molecular weight is 284 g/mol. The van der Waals surface area contributed by atoms with E-state index in [0.717, 1.165) is 38.4 Å². The Morgan fingerprint density at radius 3 is 2.19 bits per heavy atom. The molecule has 2 rings (SSSR count). The summed E-state index contributed by atoms with van der Waals surface area (Å²) in [5.74, 6) is 0.936. The van der Waals surface area contributed by atoms with Crippen molar-refractivity contribution in [2.45, 2.75) is 13.0 Å². The van der Waals surface area contributed by atoms with E-state index in [1.807, 2.05) is 36.4 Å². The van der Waals surface area contributed by atoms with Crippen molar-refractivity contribution in [3.63, 3.8) is 0 Å². The van der Waals surface area contributed by atoms with Gasteiger partial charge in [-0.05, 0) is 24.1 Å². The minimum absolute atomic E-state index is 0.687. The molecule has 0 spiro atoms. The van der Waals surface area contributed by atoms with Gasteiger partial charge >= 0.3 is 0 Å². The molecule has 0 radical (unpaired) electrons.